The van der Waals surface area contributed by atoms with E-state index in [9.17, 15) is 9.18 Å². The molecule has 2 aromatic carbocycles. The summed E-state index contributed by atoms with van der Waals surface area (Å²) < 4.78 is 19.3. The molecule has 1 unspecified atom stereocenters. The van der Waals surface area contributed by atoms with Crippen LogP contribution in [0.15, 0.2) is 66.2 Å². The van der Waals surface area contributed by atoms with Gasteiger partial charge in [-0.2, -0.15) is 0 Å². The van der Waals surface area contributed by atoms with E-state index < -0.39 is 0 Å². The van der Waals surface area contributed by atoms with Crippen LogP contribution in [0.1, 0.15) is 41.9 Å². The van der Waals surface area contributed by atoms with Gasteiger partial charge in [-0.15, -0.1) is 11.3 Å². The van der Waals surface area contributed by atoms with Gasteiger partial charge < -0.3 is 19.5 Å². The van der Waals surface area contributed by atoms with Crippen LogP contribution in [0.4, 0.5) is 4.39 Å². The van der Waals surface area contributed by atoms with Crippen LogP contribution in [-0.4, -0.2) is 65.5 Å². The maximum absolute atomic E-state index is 13.9. The Morgan fingerprint density at radius 1 is 1.15 bits per heavy atom. The Kier molecular flexibility index (Phi) is 8.74. The Morgan fingerprint density at radius 2 is 2.00 bits per heavy atom. The fourth-order valence-corrected chi connectivity index (χ4v) is 5.99. The van der Waals surface area contributed by atoms with Crippen LogP contribution < -0.4 is 4.74 Å². The number of ether oxygens (including phenoxy) is 1. The molecular formula is C31H35FN4O2S. The minimum Gasteiger partial charge on any atom is -0.494 e. The smallest absolute Gasteiger partial charge is 0.255 e. The number of carbonyl (C=O) groups is 1. The lowest BCUT2D eigenvalue weighted by Gasteiger charge is -2.35. The lowest BCUT2D eigenvalue weighted by molar-refractivity contribution is 0.0612. The highest BCUT2D eigenvalue weighted by atomic mass is 32.1. The van der Waals surface area contributed by atoms with Crippen LogP contribution in [0.3, 0.4) is 0 Å². The predicted molar refractivity (Wildman–Crippen MR) is 155 cm³/mol. The molecule has 0 saturated carbocycles. The summed E-state index contributed by atoms with van der Waals surface area (Å²) in [6.45, 7) is 2.37. The second kappa shape index (κ2) is 12.6. The highest BCUT2D eigenvalue weighted by Gasteiger charge is 2.30. The number of benzene rings is 2. The molecule has 1 aliphatic heterocycles. The number of hydrogen-bond acceptors (Lipinski definition) is 5. The lowest BCUT2D eigenvalue weighted by atomic mass is 9.97. The number of aromatic nitrogens is 2. The van der Waals surface area contributed by atoms with Gasteiger partial charge in [-0.05, 0) is 98.8 Å². The second-order valence-electron chi connectivity index (χ2n) is 10.3. The summed E-state index contributed by atoms with van der Waals surface area (Å²) in [5.41, 5.74) is 3.48. The number of H-pyrrole nitrogens is 1. The number of aromatic amines is 1. The zero-order chi connectivity index (χ0) is 27.2. The molecule has 1 fully saturated rings. The lowest BCUT2D eigenvalue weighted by Crippen LogP contribution is -2.45. The fraction of sp³-hybridized carbons (Fsp3) is 0.355. The maximum atomic E-state index is 13.9. The highest BCUT2D eigenvalue weighted by molar-refractivity contribution is 7.14. The van der Waals surface area contributed by atoms with Crippen LogP contribution in [0.25, 0.3) is 21.7 Å². The summed E-state index contributed by atoms with van der Waals surface area (Å²) >= 11 is 1.59. The van der Waals surface area contributed by atoms with E-state index >= 15 is 0 Å². The molecule has 4 aromatic rings. The number of amides is 1. The minimum atomic E-state index is -0.262. The number of thiophene rings is 1. The van der Waals surface area contributed by atoms with Gasteiger partial charge in [0.25, 0.3) is 5.91 Å². The quantitative estimate of drug-likeness (QED) is 0.230. The van der Waals surface area contributed by atoms with Gasteiger partial charge in [-0.3, -0.25) is 4.79 Å². The number of hydrogen-bond donors (Lipinski definition) is 1. The molecule has 6 nitrogen and oxygen atoms in total. The number of nitrogens with zero attached hydrogens (tertiary/aromatic N) is 3. The molecule has 204 valence electrons. The van der Waals surface area contributed by atoms with Crippen LogP contribution in [0.2, 0.25) is 0 Å². The first-order valence-corrected chi connectivity index (χ1v) is 14.4. The first-order valence-electron chi connectivity index (χ1n) is 13.5. The number of carbonyl (C=O) groups excluding carboxylic acids is 1. The molecule has 3 heterocycles. The van der Waals surface area contributed by atoms with E-state index in [0.717, 1.165) is 77.6 Å². The standard InChI is InChI=1S/C31H35FN4O2S/c1-35(2)15-6-17-38-26-9-5-7-23(19-26)30-27(14-18-39-30)31(37)36-16-4-3-8-25(36)20-29-33-21-28(34-29)22-10-12-24(32)13-11-22/h5,7,9-14,18-19,21,25H,3-4,6,8,15-17,20H2,1-2H3,(H,33,34). The number of rotatable bonds is 10. The van der Waals surface area contributed by atoms with E-state index in [4.69, 9.17) is 4.74 Å². The average molecular weight is 547 g/mol. The molecule has 1 aliphatic rings. The second-order valence-corrected chi connectivity index (χ2v) is 11.2. The molecule has 2 aromatic heterocycles. The van der Waals surface area contributed by atoms with Gasteiger partial charge in [-0.1, -0.05) is 12.1 Å². The molecule has 39 heavy (non-hydrogen) atoms. The first kappa shape index (κ1) is 27.1. The number of nitrogens with one attached hydrogen (secondary N) is 1. The van der Waals surface area contributed by atoms with Gasteiger partial charge in [-0.25, -0.2) is 9.37 Å². The largest absolute Gasteiger partial charge is 0.494 e. The molecule has 1 atom stereocenters. The van der Waals surface area contributed by atoms with Crippen LogP contribution >= 0.6 is 11.3 Å². The predicted octanol–water partition coefficient (Wildman–Crippen LogP) is 6.51. The maximum Gasteiger partial charge on any atom is 0.255 e. The topological polar surface area (TPSA) is 61.5 Å². The van der Waals surface area contributed by atoms with Crippen LogP contribution in [0.5, 0.6) is 5.75 Å². The highest BCUT2D eigenvalue weighted by Crippen LogP contribution is 2.34. The van der Waals surface area contributed by atoms with Crippen LogP contribution in [0, 0.1) is 5.82 Å². The van der Waals surface area contributed by atoms with Crippen molar-refractivity contribution in [2.24, 2.45) is 0 Å². The normalized spacial score (nSPS) is 15.6. The van der Waals surface area contributed by atoms with E-state index in [1.165, 1.54) is 12.1 Å². The Balaban J connectivity index is 1.29. The molecular weight excluding hydrogens is 511 g/mol. The van der Waals surface area contributed by atoms with E-state index in [1.54, 1.807) is 29.7 Å². The molecule has 5 rings (SSSR count). The monoisotopic (exact) mass is 546 g/mol. The molecule has 1 saturated heterocycles. The van der Waals surface area contributed by atoms with Crippen molar-refractivity contribution in [1.29, 1.82) is 0 Å². The zero-order valence-electron chi connectivity index (χ0n) is 22.5. The fourth-order valence-electron chi connectivity index (χ4n) is 5.10. The molecule has 8 heteroatoms. The summed E-state index contributed by atoms with van der Waals surface area (Å²) in [5.74, 6) is 1.47. The van der Waals surface area contributed by atoms with Crippen molar-refractivity contribution in [2.75, 3.05) is 33.8 Å². The average Bonchev–Trinajstić information content (AvgIpc) is 3.62. The molecule has 0 aliphatic carbocycles. The van der Waals surface area contributed by atoms with Gasteiger partial charge in [0, 0.05) is 30.4 Å². The molecule has 1 amide bonds. The summed E-state index contributed by atoms with van der Waals surface area (Å²) in [6.07, 6.45) is 6.42. The third-order valence-electron chi connectivity index (χ3n) is 7.11. The van der Waals surface area contributed by atoms with Crippen molar-refractivity contribution < 1.29 is 13.9 Å². The SMILES string of the molecule is CN(C)CCCOc1cccc(-c2sccc2C(=O)N2CCCCC2Cc2ncc(-c3ccc(F)cc3)[nH]2)c1. The van der Waals surface area contributed by atoms with Gasteiger partial charge >= 0.3 is 0 Å². The van der Waals surface area contributed by atoms with Crippen LogP contribution in [-0.2, 0) is 6.42 Å². The van der Waals surface area contributed by atoms with Gasteiger partial charge in [0.1, 0.15) is 17.4 Å². The Labute approximate surface area is 233 Å². The van der Waals surface area contributed by atoms with Crippen molar-refractivity contribution in [3.8, 4) is 27.4 Å². The molecule has 0 bridgehead atoms. The minimum absolute atomic E-state index is 0.0672. The third kappa shape index (κ3) is 6.75. The van der Waals surface area contributed by atoms with E-state index in [2.05, 4.69) is 29.0 Å². The van der Waals surface area contributed by atoms with Crippen molar-refractivity contribution in [3.05, 3.63) is 83.4 Å². The summed E-state index contributed by atoms with van der Waals surface area (Å²) in [7, 11) is 4.12. The zero-order valence-corrected chi connectivity index (χ0v) is 23.3. The summed E-state index contributed by atoms with van der Waals surface area (Å²) in [5, 5.41) is 1.99. The van der Waals surface area contributed by atoms with E-state index in [1.807, 2.05) is 40.6 Å². The van der Waals surface area contributed by atoms with Gasteiger partial charge in [0.05, 0.1) is 24.1 Å². The number of halogens is 1. The van der Waals surface area contributed by atoms with Gasteiger partial charge in [0.2, 0.25) is 0 Å². The van der Waals surface area contributed by atoms with Gasteiger partial charge in [0.15, 0.2) is 0 Å². The summed E-state index contributed by atoms with van der Waals surface area (Å²) in [4.78, 5) is 27.0. The molecule has 1 N–H and O–H groups in total. The Morgan fingerprint density at radius 3 is 2.82 bits per heavy atom. The Hall–Kier alpha value is -3.49. The van der Waals surface area contributed by atoms with E-state index in [-0.39, 0.29) is 17.8 Å². The Bertz CT molecular complexity index is 1380. The number of piperidine rings is 1. The van der Waals surface area contributed by atoms with Crippen molar-refractivity contribution >= 4 is 17.2 Å². The number of likely N-dealkylation sites (tertiary alicyclic amines) is 1. The first-order chi connectivity index (χ1) is 19.0. The summed E-state index contributed by atoms with van der Waals surface area (Å²) in [6, 6.07) is 16.4. The number of imidazole rings is 1. The molecule has 0 radical (unpaired) electrons. The molecule has 0 spiro atoms. The van der Waals surface area contributed by atoms with E-state index in [0.29, 0.717) is 13.0 Å². The third-order valence-corrected chi connectivity index (χ3v) is 8.07. The van der Waals surface area contributed by atoms with Crippen molar-refractivity contribution in [3.63, 3.8) is 0 Å². The van der Waals surface area contributed by atoms with Crippen molar-refractivity contribution in [1.82, 2.24) is 19.8 Å². The van der Waals surface area contributed by atoms with Crippen molar-refractivity contribution in [2.45, 2.75) is 38.1 Å².